The number of nitrogens with zero attached hydrogens (tertiary/aromatic N) is 1. The number of rotatable bonds is 8. The lowest BCUT2D eigenvalue weighted by Crippen LogP contribution is -2.44. The van der Waals surface area contributed by atoms with Crippen molar-refractivity contribution < 1.29 is 14.7 Å². The molecule has 0 aromatic heterocycles. The van der Waals surface area contributed by atoms with Gasteiger partial charge in [0.05, 0.1) is 12.5 Å². The zero-order valence-corrected chi connectivity index (χ0v) is 11.8. The second-order valence-corrected chi connectivity index (χ2v) is 4.69. The fourth-order valence-corrected chi connectivity index (χ4v) is 1.98. The molecule has 0 saturated heterocycles. The van der Waals surface area contributed by atoms with Gasteiger partial charge in [-0.05, 0) is 25.3 Å². The summed E-state index contributed by atoms with van der Waals surface area (Å²) in [6.45, 7) is 2.51. The van der Waals surface area contributed by atoms with Crippen molar-refractivity contribution in [2.75, 3.05) is 13.1 Å². The molecule has 0 heterocycles. The number of aryl methyl sites for hydroxylation is 1. The first-order valence-electron chi connectivity index (χ1n) is 6.84. The number of carboxylic acid groups (broad SMARTS) is 1. The maximum atomic E-state index is 12.1. The molecule has 1 amide bonds. The van der Waals surface area contributed by atoms with Crippen molar-refractivity contribution in [2.24, 2.45) is 5.73 Å². The molecule has 0 saturated carbocycles. The molecule has 0 aliphatic heterocycles. The van der Waals surface area contributed by atoms with Crippen LogP contribution in [0.4, 0.5) is 0 Å². The van der Waals surface area contributed by atoms with Gasteiger partial charge in [-0.3, -0.25) is 9.59 Å². The summed E-state index contributed by atoms with van der Waals surface area (Å²) >= 11 is 0. The van der Waals surface area contributed by atoms with E-state index in [0.29, 0.717) is 13.0 Å². The summed E-state index contributed by atoms with van der Waals surface area (Å²) < 4.78 is 0. The van der Waals surface area contributed by atoms with E-state index < -0.39 is 12.0 Å². The van der Waals surface area contributed by atoms with Crippen molar-refractivity contribution in [3.63, 3.8) is 0 Å². The van der Waals surface area contributed by atoms with Crippen LogP contribution in [0.5, 0.6) is 0 Å². The Morgan fingerprint density at radius 3 is 2.50 bits per heavy atom. The van der Waals surface area contributed by atoms with E-state index in [4.69, 9.17) is 10.8 Å². The molecule has 0 radical (unpaired) electrons. The van der Waals surface area contributed by atoms with Gasteiger partial charge in [-0.25, -0.2) is 0 Å². The predicted molar refractivity (Wildman–Crippen MR) is 77.2 cm³/mol. The van der Waals surface area contributed by atoms with Gasteiger partial charge < -0.3 is 15.7 Å². The monoisotopic (exact) mass is 278 g/mol. The largest absolute Gasteiger partial charge is 0.481 e. The van der Waals surface area contributed by atoms with Gasteiger partial charge in [-0.2, -0.15) is 0 Å². The van der Waals surface area contributed by atoms with Crippen molar-refractivity contribution in [1.82, 2.24) is 4.90 Å². The molecule has 5 heteroatoms. The van der Waals surface area contributed by atoms with Crippen LogP contribution in [0.2, 0.25) is 0 Å². The van der Waals surface area contributed by atoms with E-state index in [-0.39, 0.29) is 18.9 Å². The van der Waals surface area contributed by atoms with Crippen LogP contribution in [0.3, 0.4) is 0 Å². The van der Waals surface area contributed by atoms with Crippen molar-refractivity contribution in [1.29, 1.82) is 0 Å². The minimum atomic E-state index is -0.908. The average Bonchev–Trinajstić information content (AvgIpc) is 2.46. The molecule has 0 aliphatic rings. The first-order chi connectivity index (χ1) is 9.54. The first kappa shape index (κ1) is 16.2. The number of likely N-dealkylation sites (N-methyl/N-ethyl adjacent to an activating group) is 1. The van der Waals surface area contributed by atoms with Crippen LogP contribution in [0.1, 0.15) is 25.3 Å². The van der Waals surface area contributed by atoms with Crippen molar-refractivity contribution >= 4 is 11.9 Å². The number of carbonyl (C=O) groups is 2. The average molecular weight is 278 g/mol. The van der Waals surface area contributed by atoms with E-state index in [1.54, 1.807) is 0 Å². The molecular weight excluding hydrogens is 256 g/mol. The molecule has 0 fully saturated rings. The van der Waals surface area contributed by atoms with E-state index in [1.165, 1.54) is 4.90 Å². The summed E-state index contributed by atoms with van der Waals surface area (Å²) in [6, 6.07) is 9.27. The quantitative estimate of drug-likeness (QED) is 0.750. The van der Waals surface area contributed by atoms with Crippen LogP contribution in [0.25, 0.3) is 0 Å². The topological polar surface area (TPSA) is 83.6 Å². The molecule has 1 unspecified atom stereocenters. The third-order valence-corrected chi connectivity index (χ3v) is 3.19. The van der Waals surface area contributed by atoms with Crippen LogP contribution in [0, 0.1) is 0 Å². The molecule has 1 aromatic rings. The molecule has 20 heavy (non-hydrogen) atoms. The smallest absolute Gasteiger partial charge is 0.305 e. The van der Waals surface area contributed by atoms with Crippen LogP contribution >= 0.6 is 0 Å². The molecule has 0 aliphatic carbocycles. The molecule has 110 valence electrons. The van der Waals surface area contributed by atoms with Crippen LogP contribution < -0.4 is 5.73 Å². The minimum absolute atomic E-state index is 0.0506. The third kappa shape index (κ3) is 5.40. The molecule has 0 bridgehead atoms. The van der Waals surface area contributed by atoms with Crippen molar-refractivity contribution in [3.8, 4) is 0 Å². The van der Waals surface area contributed by atoms with Crippen LogP contribution in [0.15, 0.2) is 30.3 Å². The molecule has 5 nitrogen and oxygen atoms in total. The fourth-order valence-electron chi connectivity index (χ4n) is 1.98. The first-order valence-corrected chi connectivity index (χ1v) is 6.84. The summed E-state index contributed by atoms with van der Waals surface area (Å²) in [5.41, 5.74) is 7.05. The summed E-state index contributed by atoms with van der Waals surface area (Å²) in [4.78, 5) is 24.2. The van der Waals surface area contributed by atoms with Crippen molar-refractivity contribution in [3.05, 3.63) is 35.9 Å². The maximum absolute atomic E-state index is 12.1. The Bertz CT molecular complexity index is 434. The highest BCUT2D eigenvalue weighted by atomic mass is 16.4. The van der Waals surface area contributed by atoms with E-state index in [1.807, 2.05) is 37.3 Å². The number of benzene rings is 1. The summed E-state index contributed by atoms with van der Waals surface area (Å²) in [5, 5.41) is 8.66. The number of nitrogens with two attached hydrogens (primary N) is 1. The van der Waals surface area contributed by atoms with E-state index in [2.05, 4.69) is 0 Å². The van der Waals surface area contributed by atoms with Crippen LogP contribution in [-0.2, 0) is 16.0 Å². The number of carboxylic acids is 1. The van der Waals surface area contributed by atoms with Gasteiger partial charge in [-0.15, -0.1) is 0 Å². The zero-order chi connectivity index (χ0) is 15.0. The Balaban J connectivity index is 2.46. The number of aliphatic carboxylic acids is 1. The van der Waals surface area contributed by atoms with Gasteiger partial charge in [0.1, 0.15) is 0 Å². The molecule has 0 spiro atoms. The van der Waals surface area contributed by atoms with Gasteiger partial charge in [0.15, 0.2) is 0 Å². The predicted octanol–water partition coefficient (Wildman–Crippen LogP) is 1.27. The number of hydrogen-bond donors (Lipinski definition) is 2. The Labute approximate surface area is 119 Å². The number of amides is 1. The molecule has 1 aromatic carbocycles. The SMILES string of the molecule is CCN(CCC(=O)O)C(=O)C(N)CCc1ccccc1. The number of hydrogen-bond acceptors (Lipinski definition) is 3. The van der Waals surface area contributed by atoms with Gasteiger partial charge in [0.2, 0.25) is 5.91 Å². The van der Waals surface area contributed by atoms with Gasteiger partial charge >= 0.3 is 5.97 Å². The fraction of sp³-hybridized carbons (Fsp3) is 0.467. The van der Waals surface area contributed by atoms with E-state index in [0.717, 1.165) is 12.0 Å². The third-order valence-electron chi connectivity index (χ3n) is 3.19. The molecule has 1 rings (SSSR count). The van der Waals surface area contributed by atoms with Gasteiger partial charge in [0.25, 0.3) is 0 Å². The second-order valence-electron chi connectivity index (χ2n) is 4.69. The summed E-state index contributed by atoms with van der Waals surface area (Å²) in [5.74, 6) is -1.08. The second kappa shape index (κ2) is 8.32. The van der Waals surface area contributed by atoms with Crippen LogP contribution in [-0.4, -0.2) is 41.0 Å². The Kier molecular flexibility index (Phi) is 6.73. The minimum Gasteiger partial charge on any atom is -0.481 e. The highest BCUT2D eigenvalue weighted by molar-refractivity contribution is 5.82. The lowest BCUT2D eigenvalue weighted by atomic mass is 10.0. The standard InChI is InChI=1S/C15H22N2O3/c1-2-17(11-10-14(18)19)15(20)13(16)9-8-12-6-4-3-5-7-12/h3-7,13H,2,8-11,16H2,1H3,(H,18,19). The summed E-state index contributed by atoms with van der Waals surface area (Å²) in [6.07, 6.45) is 1.25. The number of carbonyl (C=O) groups excluding carboxylic acids is 1. The lowest BCUT2D eigenvalue weighted by Gasteiger charge is -2.23. The molecular formula is C15H22N2O3. The molecule has 3 N–H and O–H groups in total. The van der Waals surface area contributed by atoms with Crippen molar-refractivity contribution in [2.45, 2.75) is 32.2 Å². The molecule has 1 atom stereocenters. The van der Waals surface area contributed by atoms with E-state index in [9.17, 15) is 9.59 Å². The van der Waals surface area contributed by atoms with Gasteiger partial charge in [-0.1, -0.05) is 30.3 Å². The lowest BCUT2D eigenvalue weighted by molar-refractivity contribution is -0.138. The normalized spacial score (nSPS) is 11.9. The van der Waals surface area contributed by atoms with E-state index >= 15 is 0 Å². The Morgan fingerprint density at radius 1 is 1.30 bits per heavy atom. The Hall–Kier alpha value is -1.88. The highest BCUT2D eigenvalue weighted by Crippen LogP contribution is 2.06. The maximum Gasteiger partial charge on any atom is 0.305 e. The zero-order valence-electron chi connectivity index (χ0n) is 11.8. The highest BCUT2D eigenvalue weighted by Gasteiger charge is 2.20. The summed E-state index contributed by atoms with van der Waals surface area (Å²) in [7, 11) is 0. The van der Waals surface area contributed by atoms with Gasteiger partial charge in [0, 0.05) is 13.1 Å². The Morgan fingerprint density at radius 2 is 1.95 bits per heavy atom.